The number of esters is 1. The first-order valence-corrected chi connectivity index (χ1v) is 8.17. The van der Waals surface area contributed by atoms with Gasteiger partial charge in [0.1, 0.15) is 5.60 Å². The monoisotopic (exact) mass is 270 g/mol. The number of carbonyl (C=O) groups excluding carboxylic acids is 1. The van der Waals surface area contributed by atoms with E-state index in [0.717, 1.165) is 25.7 Å². The molecule has 19 heavy (non-hydrogen) atoms. The number of ether oxygens (including phenoxy) is 1. The summed E-state index contributed by atoms with van der Waals surface area (Å²) < 4.78 is 5.66. The van der Waals surface area contributed by atoms with Gasteiger partial charge in [-0.3, -0.25) is 4.79 Å². The first-order chi connectivity index (χ1) is 8.95. The molecule has 0 bridgehead atoms. The second-order valence-electron chi connectivity index (χ2n) is 6.31. The molecule has 0 aliphatic heterocycles. The van der Waals surface area contributed by atoms with Crippen molar-refractivity contribution in [3.05, 3.63) is 0 Å². The zero-order valence-corrected chi connectivity index (χ0v) is 13.8. The first kappa shape index (κ1) is 18.5. The molecule has 0 N–H and O–H groups in total. The molecule has 0 amide bonds. The molecule has 0 aliphatic carbocycles. The van der Waals surface area contributed by atoms with Gasteiger partial charge in [-0.05, 0) is 32.6 Å². The smallest absolute Gasteiger partial charge is 0.306 e. The maximum atomic E-state index is 11.8. The van der Waals surface area contributed by atoms with E-state index in [2.05, 4.69) is 34.6 Å². The quantitative estimate of drug-likeness (QED) is 0.366. The summed E-state index contributed by atoms with van der Waals surface area (Å²) >= 11 is 0. The topological polar surface area (TPSA) is 26.3 Å². The maximum Gasteiger partial charge on any atom is 0.306 e. The number of hydrogen-bond donors (Lipinski definition) is 0. The Bertz CT molecular complexity index is 233. The van der Waals surface area contributed by atoms with Crippen LogP contribution >= 0.6 is 0 Å². The number of rotatable bonds is 11. The molecule has 0 fully saturated rings. The minimum atomic E-state index is -0.308. The van der Waals surface area contributed by atoms with Gasteiger partial charge in [-0.15, -0.1) is 0 Å². The molecule has 114 valence electrons. The van der Waals surface area contributed by atoms with Crippen LogP contribution < -0.4 is 0 Å². The molecular formula is C17H34O2. The van der Waals surface area contributed by atoms with Gasteiger partial charge >= 0.3 is 5.97 Å². The largest absolute Gasteiger partial charge is 0.460 e. The molecule has 2 nitrogen and oxygen atoms in total. The fourth-order valence-electron chi connectivity index (χ4n) is 2.56. The Hall–Kier alpha value is -0.530. The van der Waals surface area contributed by atoms with E-state index in [1.807, 2.05) is 0 Å². The van der Waals surface area contributed by atoms with Gasteiger partial charge in [-0.25, -0.2) is 0 Å². The molecule has 0 aliphatic rings. The highest BCUT2D eigenvalue weighted by Crippen LogP contribution is 2.27. The molecule has 0 saturated heterocycles. The van der Waals surface area contributed by atoms with Crippen molar-refractivity contribution in [1.29, 1.82) is 0 Å². The van der Waals surface area contributed by atoms with Crippen LogP contribution in [-0.2, 0) is 9.53 Å². The van der Waals surface area contributed by atoms with Crippen LogP contribution in [0.1, 0.15) is 92.4 Å². The van der Waals surface area contributed by atoms with E-state index in [1.54, 1.807) is 0 Å². The Kier molecular flexibility index (Phi) is 9.99. The SMILES string of the molecule is CCCCCC(=O)OC(C)(C)CC(CC)CCCC. The van der Waals surface area contributed by atoms with E-state index < -0.39 is 0 Å². The van der Waals surface area contributed by atoms with Crippen molar-refractivity contribution < 1.29 is 9.53 Å². The highest BCUT2D eigenvalue weighted by Gasteiger charge is 2.26. The van der Waals surface area contributed by atoms with Crippen LogP contribution in [0.5, 0.6) is 0 Å². The van der Waals surface area contributed by atoms with Crippen molar-refractivity contribution in [1.82, 2.24) is 0 Å². The van der Waals surface area contributed by atoms with Crippen molar-refractivity contribution in [2.45, 2.75) is 98.0 Å². The predicted molar refractivity (Wildman–Crippen MR) is 82.2 cm³/mol. The predicted octanol–water partition coefficient (Wildman–Crippen LogP) is 5.50. The molecule has 1 atom stereocenters. The lowest BCUT2D eigenvalue weighted by molar-refractivity contribution is -0.158. The van der Waals surface area contributed by atoms with Crippen LogP contribution in [0.2, 0.25) is 0 Å². The molecule has 0 heterocycles. The summed E-state index contributed by atoms with van der Waals surface area (Å²) in [5, 5.41) is 0. The van der Waals surface area contributed by atoms with Crippen LogP contribution in [0.15, 0.2) is 0 Å². The van der Waals surface area contributed by atoms with E-state index in [4.69, 9.17) is 4.74 Å². The Morgan fingerprint density at radius 1 is 1.05 bits per heavy atom. The molecular weight excluding hydrogens is 236 g/mol. The highest BCUT2D eigenvalue weighted by atomic mass is 16.6. The zero-order valence-electron chi connectivity index (χ0n) is 13.8. The summed E-state index contributed by atoms with van der Waals surface area (Å²) in [4.78, 5) is 11.8. The van der Waals surface area contributed by atoms with Gasteiger partial charge in [-0.2, -0.15) is 0 Å². The lowest BCUT2D eigenvalue weighted by Crippen LogP contribution is -2.30. The molecule has 2 heteroatoms. The minimum absolute atomic E-state index is 0.0243. The lowest BCUT2D eigenvalue weighted by atomic mass is 9.87. The third-order valence-electron chi connectivity index (χ3n) is 3.70. The second-order valence-corrected chi connectivity index (χ2v) is 6.31. The van der Waals surface area contributed by atoms with E-state index >= 15 is 0 Å². The van der Waals surface area contributed by atoms with E-state index in [-0.39, 0.29) is 11.6 Å². The molecule has 0 radical (unpaired) electrons. The average molecular weight is 270 g/mol. The number of unbranched alkanes of at least 4 members (excludes halogenated alkanes) is 3. The summed E-state index contributed by atoms with van der Waals surface area (Å²) in [6, 6.07) is 0. The van der Waals surface area contributed by atoms with Gasteiger partial charge in [0.2, 0.25) is 0 Å². The number of carbonyl (C=O) groups is 1. The van der Waals surface area contributed by atoms with Crippen molar-refractivity contribution >= 4 is 5.97 Å². The van der Waals surface area contributed by atoms with Crippen molar-refractivity contribution in [2.75, 3.05) is 0 Å². The molecule has 1 unspecified atom stereocenters. The van der Waals surface area contributed by atoms with Crippen LogP contribution in [0.25, 0.3) is 0 Å². The summed E-state index contributed by atoms with van der Waals surface area (Å²) in [6.45, 7) is 10.7. The third-order valence-corrected chi connectivity index (χ3v) is 3.70. The van der Waals surface area contributed by atoms with Crippen LogP contribution in [-0.4, -0.2) is 11.6 Å². The Morgan fingerprint density at radius 2 is 1.68 bits per heavy atom. The Morgan fingerprint density at radius 3 is 2.21 bits per heavy atom. The average Bonchev–Trinajstić information content (AvgIpc) is 2.34. The van der Waals surface area contributed by atoms with Crippen LogP contribution in [0.4, 0.5) is 0 Å². The molecule has 0 saturated carbocycles. The van der Waals surface area contributed by atoms with Crippen molar-refractivity contribution in [3.63, 3.8) is 0 Å². The second kappa shape index (κ2) is 10.3. The van der Waals surface area contributed by atoms with Crippen molar-refractivity contribution in [3.8, 4) is 0 Å². The van der Waals surface area contributed by atoms with Gasteiger partial charge in [0.05, 0.1) is 0 Å². The summed E-state index contributed by atoms with van der Waals surface area (Å²) in [7, 11) is 0. The lowest BCUT2D eigenvalue weighted by Gasteiger charge is -2.29. The van der Waals surface area contributed by atoms with E-state index in [1.165, 1.54) is 25.7 Å². The molecule has 0 spiro atoms. The normalized spacial score (nSPS) is 13.3. The van der Waals surface area contributed by atoms with Crippen LogP contribution in [0.3, 0.4) is 0 Å². The Labute approximate surface area is 120 Å². The summed E-state index contributed by atoms with van der Waals surface area (Å²) in [6.07, 6.45) is 9.73. The minimum Gasteiger partial charge on any atom is -0.460 e. The van der Waals surface area contributed by atoms with Gasteiger partial charge in [0, 0.05) is 6.42 Å². The fraction of sp³-hybridized carbons (Fsp3) is 0.941. The standard InChI is InChI=1S/C17H34O2/c1-6-9-11-13-16(18)19-17(4,5)14-15(8-3)12-10-7-2/h15H,6-14H2,1-5H3. The maximum absolute atomic E-state index is 11.8. The molecule has 0 rings (SSSR count). The van der Waals surface area contributed by atoms with Gasteiger partial charge in [0.15, 0.2) is 0 Å². The van der Waals surface area contributed by atoms with Gasteiger partial charge in [-0.1, -0.05) is 59.3 Å². The number of hydrogen-bond acceptors (Lipinski definition) is 2. The van der Waals surface area contributed by atoms with Crippen molar-refractivity contribution in [2.24, 2.45) is 5.92 Å². The molecule has 0 aromatic carbocycles. The van der Waals surface area contributed by atoms with Gasteiger partial charge in [0.25, 0.3) is 0 Å². The van der Waals surface area contributed by atoms with E-state index in [0.29, 0.717) is 12.3 Å². The summed E-state index contributed by atoms with van der Waals surface area (Å²) in [5.41, 5.74) is -0.308. The molecule has 0 aromatic rings. The fourth-order valence-corrected chi connectivity index (χ4v) is 2.56. The van der Waals surface area contributed by atoms with Gasteiger partial charge < -0.3 is 4.74 Å². The van der Waals surface area contributed by atoms with E-state index in [9.17, 15) is 4.79 Å². The highest BCUT2D eigenvalue weighted by molar-refractivity contribution is 5.69. The molecule has 0 aromatic heterocycles. The first-order valence-electron chi connectivity index (χ1n) is 8.17. The summed E-state index contributed by atoms with van der Waals surface area (Å²) in [5.74, 6) is 0.655. The van der Waals surface area contributed by atoms with Crippen LogP contribution in [0, 0.1) is 5.92 Å². The Balaban J connectivity index is 4.09. The third kappa shape index (κ3) is 9.98. The zero-order chi connectivity index (χ0) is 14.7.